The molecule has 0 fully saturated rings. The molecule has 4 aromatic rings. The second-order valence-electron chi connectivity index (χ2n) is 9.61. The number of fused-ring (bicyclic) bond motifs is 2. The molecule has 0 heterocycles. The van der Waals surface area contributed by atoms with E-state index in [-0.39, 0.29) is 11.6 Å². The topological polar surface area (TPSA) is 0 Å². The van der Waals surface area contributed by atoms with Gasteiger partial charge >= 0.3 is 0 Å². The zero-order chi connectivity index (χ0) is 24.6. The summed E-state index contributed by atoms with van der Waals surface area (Å²) in [4.78, 5) is 0. The monoisotopic (exact) mass is 488 g/mol. The first-order chi connectivity index (χ1) is 17.6. The van der Waals surface area contributed by atoms with E-state index in [2.05, 4.69) is 55.5 Å². The molecule has 6 rings (SSSR count). The van der Waals surface area contributed by atoms with Crippen molar-refractivity contribution in [3.05, 3.63) is 129 Å². The van der Waals surface area contributed by atoms with Crippen LogP contribution in [0.4, 0.5) is 8.78 Å². The van der Waals surface area contributed by atoms with Gasteiger partial charge in [0.2, 0.25) is 0 Å². The Bertz CT molecular complexity index is 1490. The average molecular weight is 489 g/mol. The van der Waals surface area contributed by atoms with Crippen LogP contribution in [0.3, 0.4) is 0 Å². The van der Waals surface area contributed by atoms with Gasteiger partial charge in [0, 0.05) is 5.92 Å². The van der Waals surface area contributed by atoms with Gasteiger partial charge in [-0.15, -0.1) is 0 Å². The van der Waals surface area contributed by atoms with Crippen LogP contribution < -0.4 is 0 Å². The molecule has 0 bridgehead atoms. The maximum absolute atomic E-state index is 13.6. The lowest BCUT2D eigenvalue weighted by Crippen LogP contribution is -2.08. The molecule has 2 radical (unpaired) electrons. The van der Waals surface area contributed by atoms with E-state index in [0.717, 1.165) is 30.4 Å². The smallest absolute Gasteiger partial charge is 0.123 e. The van der Waals surface area contributed by atoms with Crippen LogP contribution in [0.25, 0.3) is 34.4 Å². The maximum Gasteiger partial charge on any atom is 0.123 e. The van der Waals surface area contributed by atoms with Crippen LogP contribution in [0, 0.1) is 11.6 Å². The molecule has 36 heavy (non-hydrogen) atoms. The largest absolute Gasteiger partial charge is 0.207 e. The van der Waals surface area contributed by atoms with Crippen LogP contribution in [0.2, 0.25) is 0 Å². The molecule has 176 valence electrons. The van der Waals surface area contributed by atoms with Gasteiger partial charge in [0.1, 0.15) is 21.2 Å². The third-order valence-corrected chi connectivity index (χ3v) is 8.70. The lowest BCUT2D eigenvalue weighted by atomic mass is 9.92. The summed E-state index contributed by atoms with van der Waals surface area (Å²) in [5, 5.41) is 2.94. The summed E-state index contributed by atoms with van der Waals surface area (Å²) in [6.07, 6.45) is 7.97. The van der Waals surface area contributed by atoms with Gasteiger partial charge in [0.15, 0.2) is 0 Å². The highest BCUT2D eigenvalue weighted by Gasteiger charge is 2.28. The summed E-state index contributed by atoms with van der Waals surface area (Å²) in [5.74, 6) is 0.00398. The summed E-state index contributed by atoms with van der Waals surface area (Å²) in [5.41, 5.74) is 9.74. The van der Waals surface area contributed by atoms with E-state index < -0.39 is 0 Å². The van der Waals surface area contributed by atoms with Crippen LogP contribution in [0.1, 0.15) is 47.9 Å². The van der Waals surface area contributed by atoms with E-state index in [1.54, 1.807) is 12.1 Å². The van der Waals surface area contributed by atoms with E-state index in [1.165, 1.54) is 55.9 Å². The predicted molar refractivity (Wildman–Crippen MR) is 147 cm³/mol. The van der Waals surface area contributed by atoms with Crippen molar-refractivity contribution in [1.82, 2.24) is 0 Å². The van der Waals surface area contributed by atoms with Gasteiger partial charge in [-0.2, -0.15) is 0 Å². The number of halogens is 2. The second-order valence-corrected chi connectivity index (χ2v) is 11.1. The van der Waals surface area contributed by atoms with Crippen molar-refractivity contribution in [1.29, 1.82) is 0 Å². The molecule has 0 aliphatic heterocycles. The van der Waals surface area contributed by atoms with Crippen LogP contribution in [0.5, 0.6) is 0 Å². The minimum Gasteiger partial charge on any atom is -0.207 e. The van der Waals surface area contributed by atoms with Crippen LogP contribution in [-0.4, -0.2) is 9.52 Å². The molecular formula is C33H26F2Si. The molecule has 1 atom stereocenters. The number of allylic oxidation sites excluding steroid dienone is 2. The molecule has 0 nitrogen and oxygen atoms in total. The highest BCUT2D eigenvalue weighted by Crippen LogP contribution is 2.44. The molecule has 0 spiro atoms. The van der Waals surface area contributed by atoms with Crippen molar-refractivity contribution in [2.24, 2.45) is 0 Å². The van der Waals surface area contributed by atoms with Crippen molar-refractivity contribution in [3.63, 3.8) is 0 Å². The number of rotatable bonds is 6. The number of hydrogen-bond donors (Lipinski definition) is 0. The molecule has 2 aliphatic rings. The molecule has 4 aromatic carbocycles. The van der Waals surface area contributed by atoms with E-state index in [9.17, 15) is 8.78 Å². The molecule has 2 aliphatic carbocycles. The molecule has 0 amide bonds. The van der Waals surface area contributed by atoms with Gasteiger partial charge in [-0.1, -0.05) is 96.6 Å². The van der Waals surface area contributed by atoms with E-state index >= 15 is 0 Å². The van der Waals surface area contributed by atoms with Crippen molar-refractivity contribution in [3.8, 4) is 22.3 Å². The first kappa shape index (κ1) is 22.9. The van der Waals surface area contributed by atoms with Gasteiger partial charge in [-0.3, -0.25) is 0 Å². The van der Waals surface area contributed by atoms with Crippen molar-refractivity contribution in [2.75, 3.05) is 0 Å². The summed E-state index contributed by atoms with van der Waals surface area (Å²) < 4.78 is 27.1. The van der Waals surface area contributed by atoms with Gasteiger partial charge in [0.25, 0.3) is 0 Å². The Hall–Kier alpha value is -3.56. The highest BCUT2D eigenvalue weighted by molar-refractivity contribution is 6.57. The zero-order valence-electron chi connectivity index (χ0n) is 20.2. The summed E-state index contributed by atoms with van der Waals surface area (Å²) in [6.45, 7) is 2.25. The van der Waals surface area contributed by atoms with Crippen LogP contribution >= 0.6 is 0 Å². The molecule has 0 N–H and O–H groups in total. The van der Waals surface area contributed by atoms with E-state index in [1.807, 2.05) is 24.3 Å². The van der Waals surface area contributed by atoms with Gasteiger partial charge in [-0.25, -0.2) is 8.78 Å². The maximum atomic E-state index is 13.6. The molecular weight excluding hydrogens is 462 g/mol. The van der Waals surface area contributed by atoms with Crippen molar-refractivity contribution < 1.29 is 8.78 Å². The Labute approximate surface area is 213 Å². The summed E-state index contributed by atoms with van der Waals surface area (Å²) in [7, 11) is 0.629. The van der Waals surface area contributed by atoms with E-state index in [0.29, 0.717) is 15.4 Å². The fourth-order valence-electron chi connectivity index (χ4n) is 5.59. The fourth-order valence-corrected chi connectivity index (χ4v) is 7.15. The van der Waals surface area contributed by atoms with Crippen LogP contribution in [-0.2, 0) is 6.42 Å². The molecule has 3 heteroatoms. The first-order valence-electron chi connectivity index (χ1n) is 12.6. The second kappa shape index (κ2) is 9.48. The minimum absolute atomic E-state index is 0.208. The first-order valence-corrected chi connectivity index (χ1v) is 13.6. The van der Waals surface area contributed by atoms with Crippen molar-refractivity contribution >= 4 is 21.7 Å². The Morgan fingerprint density at radius 2 is 1.33 bits per heavy atom. The Morgan fingerprint density at radius 3 is 1.97 bits per heavy atom. The van der Waals surface area contributed by atoms with E-state index in [4.69, 9.17) is 0 Å². The fraction of sp³-hybridized carbons (Fsp3) is 0.152. The van der Waals surface area contributed by atoms with Crippen LogP contribution in [0.15, 0.2) is 95.3 Å². The lowest BCUT2D eigenvalue weighted by molar-refractivity contribution is 0.627. The third-order valence-electron chi connectivity index (χ3n) is 7.28. The molecule has 0 saturated heterocycles. The lowest BCUT2D eigenvalue weighted by Gasteiger charge is -2.17. The SMILES string of the molecule is CCCC1C([Si]C2=Cc3c(cccc3-c3ccc(F)cc3)C2)=Cc2c(-c3ccc(F)cc3)cccc21. The molecule has 0 aromatic heterocycles. The number of hydrogen-bond acceptors (Lipinski definition) is 0. The summed E-state index contributed by atoms with van der Waals surface area (Å²) in [6, 6.07) is 26.6. The molecule has 1 unspecified atom stereocenters. The third kappa shape index (κ3) is 4.18. The quantitative estimate of drug-likeness (QED) is 0.238. The Kier molecular flexibility index (Phi) is 6.02. The summed E-state index contributed by atoms with van der Waals surface area (Å²) >= 11 is 0. The van der Waals surface area contributed by atoms with Gasteiger partial charge < -0.3 is 0 Å². The van der Waals surface area contributed by atoms with Crippen molar-refractivity contribution in [2.45, 2.75) is 32.1 Å². The van der Waals surface area contributed by atoms with Gasteiger partial charge in [-0.05, 0) is 81.6 Å². The normalized spacial score (nSPS) is 15.9. The minimum atomic E-state index is -0.209. The number of benzene rings is 4. The Morgan fingerprint density at radius 1 is 0.722 bits per heavy atom. The Balaban J connectivity index is 1.34. The average Bonchev–Trinajstić information content (AvgIpc) is 3.46. The zero-order valence-corrected chi connectivity index (χ0v) is 21.2. The standard InChI is InChI=1S/C33H26F2Si/c1-2-5-30-29-9-4-8-28(22-12-16-25(35)17-13-22)32(29)20-33(30)36-26-18-23-6-3-7-27(31(23)19-26)21-10-14-24(34)15-11-21/h3-4,6-17,19-20,30H,2,5,18H2,1H3. The highest BCUT2D eigenvalue weighted by atomic mass is 28.2. The van der Waals surface area contributed by atoms with Gasteiger partial charge in [0.05, 0.1) is 0 Å². The molecule has 0 saturated carbocycles. The predicted octanol–water partition coefficient (Wildman–Crippen LogP) is 8.84.